The Morgan fingerprint density at radius 1 is 1.44 bits per heavy atom. The minimum absolute atomic E-state index is 0.0603. The van der Waals surface area contributed by atoms with Crippen molar-refractivity contribution in [2.75, 3.05) is 26.0 Å². The van der Waals surface area contributed by atoms with Crippen molar-refractivity contribution in [1.82, 2.24) is 10.6 Å². The first-order valence-electron chi connectivity index (χ1n) is 6.76. The van der Waals surface area contributed by atoms with Gasteiger partial charge in [0.1, 0.15) is 0 Å². The van der Waals surface area contributed by atoms with Crippen LogP contribution in [0.3, 0.4) is 0 Å². The van der Waals surface area contributed by atoms with Gasteiger partial charge in [0, 0.05) is 24.4 Å². The third-order valence-corrected chi connectivity index (χ3v) is 4.13. The van der Waals surface area contributed by atoms with Crippen molar-refractivity contribution < 1.29 is 9.53 Å². The molecule has 0 aromatic heterocycles. The number of thioether (sulfide) groups is 1. The fourth-order valence-corrected chi connectivity index (χ4v) is 2.87. The van der Waals surface area contributed by atoms with Crippen LogP contribution in [-0.2, 0) is 4.74 Å². The van der Waals surface area contributed by atoms with Gasteiger partial charge in [0.15, 0.2) is 0 Å². The Balaban J connectivity index is 2.00. The second-order valence-electron chi connectivity index (χ2n) is 5.24. The number of carbonyl (C=O) groups excluding carboxylic acids is 1. The molecule has 1 fully saturated rings. The summed E-state index contributed by atoms with van der Waals surface area (Å²) in [7, 11) is 0. The SMILES string of the molecule is CS[C@H]1CC[C@@H](NC(=O)NCCOCC(C)C)C1. The second kappa shape index (κ2) is 8.64. The lowest BCUT2D eigenvalue weighted by molar-refractivity contribution is 0.112. The van der Waals surface area contributed by atoms with E-state index in [0.717, 1.165) is 19.4 Å². The van der Waals surface area contributed by atoms with Crippen LogP contribution in [0.25, 0.3) is 0 Å². The molecule has 0 bridgehead atoms. The molecule has 106 valence electrons. The molecule has 0 heterocycles. The van der Waals surface area contributed by atoms with Gasteiger partial charge >= 0.3 is 6.03 Å². The second-order valence-corrected chi connectivity index (χ2v) is 6.37. The minimum atomic E-state index is -0.0603. The van der Waals surface area contributed by atoms with Crippen molar-refractivity contribution in [1.29, 1.82) is 0 Å². The van der Waals surface area contributed by atoms with E-state index in [4.69, 9.17) is 4.74 Å². The highest BCUT2D eigenvalue weighted by molar-refractivity contribution is 7.99. The number of hydrogen-bond donors (Lipinski definition) is 2. The van der Waals surface area contributed by atoms with E-state index >= 15 is 0 Å². The van der Waals surface area contributed by atoms with Crippen LogP contribution in [0.1, 0.15) is 33.1 Å². The molecule has 1 aliphatic carbocycles. The van der Waals surface area contributed by atoms with Gasteiger partial charge in [0.05, 0.1) is 6.61 Å². The van der Waals surface area contributed by atoms with Crippen LogP contribution in [0.15, 0.2) is 0 Å². The number of urea groups is 1. The van der Waals surface area contributed by atoms with E-state index < -0.39 is 0 Å². The van der Waals surface area contributed by atoms with Crippen LogP contribution in [0.2, 0.25) is 0 Å². The molecule has 0 aliphatic heterocycles. The van der Waals surface area contributed by atoms with Crippen molar-refractivity contribution in [2.24, 2.45) is 5.92 Å². The van der Waals surface area contributed by atoms with E-state index in [1.807, 2.05) is 11.8 Å². The molecule has 0 aromatic rings. The van der Waals surface area contributed by atoms with E-state index in [-0.39, 0.29) is 6.03 Å². The van der Waals surface area contributed by atoms with Crippen LogP contribution >= 0.6 is 11.8 Å². The Hall–Kier alpha value is -0.420. The molecule has 2 amide bonds. The standard InChI is InChI=1S/C13H26N2O2S/c1-10(2)9-17-7-6-14-13(16)15-11-4-5-12(8-11)18-3/h10-12H,4-9H2,1-3H3,(H2,14,15,16)/t11-,12+/m1/s1. The first kappa shape index (κ1) is 15.6. The van der Waals surface area contributed by atoms with Gasteiger partial charge < -0.3 is 15.4 Å². The molecule has 0 spiro atoms. The zero-order valence-electron chi connectivity index (χ0n) is 11.7. The van der Waals surface area contributed by atoms with E-state index in [0.29, 0.717) is 30.4 Å². The highest BCUT2D eigenvalue weighted by Crippen LogP contribution is 2.27. The summed E-state index contributed by atoms with van der Waals surface area (Å²) in [6.45, 7) is 6.15. The molecule has 1 rings (SSSR count). The molecule has 1 aliphatic rings. The summed E-state index contributed by atoms with van der Waals surface area (Å²) >= 11 is 1.90. The van der Waals surface area contributed by atoms with E-state index in [1.54, 1.807) is 0 Å². The molecule has 5 heteroatoms. The van der Waals surface area contributed by atoms with Crippen LogP contribution in [-0.4, -0.2) is 43.3 Å². The van der Waals surface area contributed by atoms with Crippen molar-refractivity contribution in [3.63, 3.8) is 0 Å². The van der Waals surface area contributed by atoms with E-state index in [2.05, 4.69) is 30.7 Å². The van der Waals surface area contributed by atoms with Gasteiger partial charge in [-0.05, 0) is 31.4 Å². The van der Waals surface area contributed by atoms with Gasteiger partial charge in [0.25, 0.3) is 0 Å². The van der Waals surface area contributed by atoms with Crippen LogP contribution in [0.4, 0.5) is 4.79 Å². The fourth-order valence-electron chi connectivity index (χ4n) is 2.08. The van der Waals surface area contributed by atoms with Crippen LogP contribution in [0, 0.1) is 5.92 Å². The van der Waals surface area contributed by atoms with Crippen molar-refractivity contribution in [3.05, 3.63) is 0 Å². The lowest BCUT2D eigenvalue weighted by Crippen LogP contribution is -2.42. The van der Waals surface area contributed by atoms with Crippen molar-refractivity contribution in [3.8, 4) is 0 Å². The first-order chi connectivity index (χ1) is 8.61. The molecular weight excluding hydrogens is 248 g/mol. The lowest BCUT2D eigenvalue weighted by atomic mass is 10.2. The molecule has 18 heavy (non-hydrogen) atoms. The minimum Gasteiger partial charge on any atom is -0.379 e. The van der Waals surface area contributed by atoms with Crippen LogP contribution in [0.5, 0.6) is 0 Å². The van der Waals surface area contributed by atoms with Gasteiger partial charge in [0.2, 0.25) is 0 Å². The molecule has 0 radical (unpaired) electrons. The number of amides is 2. The normalized spacial score (nSPS) is 23.3. The number of ether oxygens (including phenoxy) is 1. The molecule has 1 saturated carbocycles. The van der Waals surface area contributed by atoms with Gasteiger partial charge in [-0.15, -0.1) is 0 Å². The quantitative estimate of drug-likeness (QED) is 0.700. The van der Waals surface area contributed by atoms with E-state index in [1.165, 1.54) is 6.42 Å². The molecular formula is C13H26N2O2S. The maximum Gasteiger partial charge on any atom is 0.315 e. The Kier molecular flexibility index (Phi) is 7.51. The third-order valence-electron chi connectivity index (χ3n) is 3.04. The first-order valence-corrected chi connectivity index (χ1v) is 8.05. The highest BCUT2D eigenvalue weighted by atomic mass is 32.2. The maximum atomic E-state index is 11.6. The van der Waals surface area contributed by atoms with Gasteiger partial charge in [-0.3, -0.25) is 0 Å². The Labute approximate surface area is 115 Å². The summed E-state index contributed by atoms with van der Waals surface area (Å²) in [5, 5.41) is 6.57. The Morgan fingerprint density at radius 3 is 2.83 bits per heavy atom. The summed E-state index contributed by atoms with van der Waals surface area (Å²) in [4.78, 5) is 11.6. The number of nitrogens with one attached hydrogen (secondary N) is 2. The summed E-state index contributed by atoms with van der Waals surface area (Å²) in [6.07, 6.45) is 5.55. The topological polar surface area (TPSA) is 50.4 Å². The number of carbonyl (C=O) groups is 1. The fraction of sp³-hybridized carbons (Fsp3) is 0.923. The molecule has 2 atom stereocenters. The van der Waals surface area contributed by atoms with Crippen molar-refractivity contribution in [2.45, 2.75) is 44.4 Å². The van der Waals surface area contributed by atoms with Crippen molar-refractivity contribution >= 4 is 17.8 Å². The van der Waals surface area contributed by atoms with Gasteiger partial charge in [-0.2, -0.15) is 11.8 Å². The number of rotatable bonds is 7. The Bertz CT molecular complexity index is 249. The molecule has 0 aromatic carbocycles. The maximum absolute atomic E-state index is 11.6. The van der Waals surface area contributed by atoms with Gasteiger partial charge in [-0.1, -0.05) is 13.8 Å². The zero-order valence-corrected chi connectivity index (χ0v) is 12.5. The predicted molar refractivity (Wildman–Crippen MR) is 77.1 cm³/mol. The summed E-state index contributed by atoms with van der Waals surface area (Å²) in [5.41, 5.74) is 0. The smallest absolute Gasteiger partial charge is 0.315 e. The summed E-state index contributed by atoms with van der Waals surface area (Å²) in [6, 6.07) is 0.286. The lowest BCUT2D eigenvalue weighted by Gasteiger charge is -2.14. The molecule has 2 N–H and O–H groups in total. The molecule has 4 nitrogen and oxygen atoms in total. The summed E-state index contributed by atoms with van der Waals surface area (Å²) in [5.74, 6) is 0.542. The monoisotopic (exact) mass is 274 g/mol. The molecule has 0 saturated heterocycles. The molecule has 0 unspecified atom stereocenters. The average Bonchev–Trinajstić information content (AvgIpc) is 2.76. The predicted octanol–water partition coefficient (Wildman–Crippen LogP) is 2.24. The van der Waals surface area contributed by atoms with Crippen LogP contribution < -0.4 is 10.6 Å². The largest absolute Gasteiger partial charge is 0.379 e. The highest BCUT2D eigenvalue weighted by Gasteiger charge is 2.24. The number of hydrogen-bond acceptors (Lipinski definition) is 3. The third kappa shape index (κ3) is 6.50. The van der Waals surface area contributed by atoms with E-state index in [9.17, 15) is 4.79 Å². The summed E-state index contributed by atoms with van der Waals surface area (Å²) < 4.78 is 5.40. The average molecular weight is 274 g/mol. The zero-order chi connectivity index (χ0) is 13.4. The van der Waals surface area contributed by atoms with Gasteiger partial charge in [-0.25, -0.2) is 4.79 Å². The Morgan fingerprint density at radius 2 is 2.22 bits per heavy atom.